The van der Waals surface area contributed by atoms with E-state index in [1.807, 2.05) is 6.08 Å². The minimum absolute atomic E-state index is 0.0444. The van der Waals surface area contributed by atoms with Gasteiger partial charge in [0.1, 0.15) is 12.2 Å². The van der Waals surface area contributed by atoms with E-state index in [1.54, 1.807) is 5.57 Å². The fraction of sp³-hybridized carbons (Fsp3) is 0.774. The Balaban J connectivity index is 1.64. The van der Waals surface area contributed by atoms with Crippen molar-refractivity contribution < 1.29 is 23.9 Å². The molecule has 0 bridgehead atoms. The molecule has 0 aromatic carbocycles. The van der Waals surface area contributed by atoms with E-state index < -0.39 is 0 Å². The highest BCUT2D eigenvalue weighted by molar-refractivity contribution is 5.90. The number of hydrogen-bond donors (Lipinski definition) is 0. The Labute approximate surface area is 217 Å². The van der Waals surface area contributed by atoms with E-state index in [1.165, 1.54) is 19.4 Å². The third-order valence-corrected chi connectivity index (χ3v) is 10.2. The van der Waals surface area contributed by atoms with Crippen molar-refractivity contribution in [3.8, 4) is 0 Å². The second kappa shape index (κ2) is 10.1. The normalized spacial score (nSPS) is 40.0. The first-order valence-corrected chi connectivity index (χ1v) is 14.1. The molecule has 0 unspecified atom stereocenters. The summed E-state index contributed by atoms with van der Waals surface area (Å²) >= 11 is 0. The number of esters is 2. The molecule has 0 N–H and O–H groups in total. The van der Waals surface area contributed by atoms with E-state index in [-0.39, 0.29) is 46.7 Å². The summed E-state index contributed by atoms with van der Waals surface area (Å²) in [5, 5.41) is 0. The zero-order valence-corrected chi connectivity index (χ0v) is 23.4. The Bertz CT molecular complexity index is 960. The third kappa shape index (κ3) is 4.96. The van der Waals surface area contributed by atoms with Gasteiger partial charge in [0.25, 0.3) is 0 Å². The number of hydrogen-bond acceptors (Lipinski definition) is 5. The molecule has 8 atom stereocenters. The van der Waals surface area contributed by atoms with Crippen LogP contribution in [0.25, 0.3) is 0 Å². The molecule has 0 radical (unpaired) electrons. The van der Waals surface area contributed by atoms with E-state index in [9.17, 15) is 14.4 Å². The highest BCUT2D eigenvalue weighted by atomic mass is 16.5. The van der Waals surface area contributed by atoms with Crippen LogP contribution in [-0.2, 0) is 23.9 Å². The number of fused-ring (bicyclic) bond motifs is 5. The number of carbonyl (C=O) groups excluding carboxylic acids is 3. The number of ketones is 1. The smallest absolute Gasteiger partial charge is 0.302 e. The van der Waals surface area contributed by atoms with Crippen molar-refractivity contribution in [3.05, 3.63) is 23.3 Å². The van der Waals surface area contributed by atoms with Crippen molar-refractivity contribution in [2.45, 2.75) is 112 Å². The van der Waals surface area contributed by atoms with Gasteiger partial charge in [-0.05, 0) is 92.4 Å². The molecule has 0 saturated heterocycles. The van der Waals surface area contributed by atoms with Crippen LogP contribution in [0.1, 0.15) is 99.8 Å². The van der Waals surface area contributed by atoms with Crippen molar-refractivity contribution in [1.82, 2.24) is 0 Å². The second-order valence-corrected chi connectivity index (χ2v) is 13.1. The highest BCUT2D eigenvalue weighted by Crippen LogP contribution is 2.66. The van der Waals surface area contributed by atoms with Crippen molar-refractivity contribution in [1.29, 1.82) is 0 Å². The van der Waals surface area contributed by atoms with Crippen LogP contribution in [0, 0.1) is 40.4 Å². The van der Waals surface area contributed by atoms with Crippen molar-refractivity contribution in [3.63, 3.8) is 0 Å². The second-order valence-electron chi connectivity index (χ2n) is 13.1. The van der Waals surface area contributed by atoms with Gasteiger partial charge in [-0.2, -0.15) is 0 Å². The molecule has 0 aromatic heterocycles. The highest BCUT2D eigenvalue weighted by Gasteiger charge is 2.60. The van der Waals surface area contributed by atoms with Crippen LogP contribution in [-0.4, -0.2) is 29.9 Å². The molecule has 4 aliphatic rings. The molecule has 0 spiro atoms. The molecule has 3 fully saturated rings. The van der Waals surface area contributed by atoms with E-state index in [0.29, 0.717) is 30.1 Å². The SMILES string of the molecule is CC(=O)O[C@H]1CC[C@]2(C)C3=CC[C@]4(C)[C@@H](/C(C)=C/C(=O)CC(C)C)CC[C@H]4[C@@H]3C[C@H](OC(C)=O)[C@H]2C1. The first kappa shape index (κ1) is 27.1. The quantitative estimate of drug-likeness (QED) is 0.234. The number of rotatable bonds is 6. The van der Waals surface area contributed by atoms with Gasteiger partial charge in [-0.15, -0.1) is 0 Å². The largest absolute Gasteiger partial charge is 0.463 e. The Morgan fingerprint density at radius 1 is 1.00 bits per heavy atom. The minimum atomic E-state index is -0.235. The average molecular weight is 499 g/mol. The fourth-order valence-electron chi connectivity index (χ4n) is 8.76. The van der Waals surface area contributed by atoms with Crippen LogP contribution < -0.4 is 0 Å². The summed E-state index contributed by atoms with van der Waals surface area (Å²) in [7, 11) is 0. The van der Waals surface area contributed by atoms with Crippen LogP contribution in [0.4, 0.5) is 0 Å². The van der Waals surface area contributed by atoms with Gasteiger partial charge < -0.3 is 9.47 Å². The Kier molecular flexibility index (Phi) is 7.61. The number of allylic oxidation sites excluding steroid dienone is 4. The number of ether oxygens (including phenoxy) is 2. The summed E-state index contributed by atoms with van der Waals surface area (Å²) in [5.74, 6) is 1.65. The lowest BCUT2D eigenvalue weighted by molar-refractivity contribution is -0.168. The van der Waals surface area contributed by atoms with Crippen LogP contribution >= 0.6 is 0 Å². The molecule has 36 heavy (non-hydrogen) atoms. The Morgan fingerprint density at radius 3 is 2.33 bits per heavy atom. The molecular weight excluding hydrogens is 452 g/mol. The Hall–Kier alpha value is -1.91. The molecule has 4 aliphatic carbocycles. The van der Waals surface area contributed by atoms with Crippen molar-refractivity contribution in [2.75, 3.05) is 0 Å². The molecule has 200 valence electrons. The standard InChI is InChI=1S/C31H46O5/c1-18(2)14-22(34)15-19(3)25-8-9-26-24-17-29(36-21(5)33)28-16-23(35-20(4)32)10-12-31(28,7)27(24)11-13-30(25,26)6/h11,15,18,23-26,28-29H,8-10,12-14,16-17H2,1-7H3/b19-15+/t23-,24-,25+,26-,28+,29-,30+,31+/m0/s1. The maximum Gasteiger partial charge on any atom is 0.302 e. The topological polar surface area (TPSA) is 69.7 Å². The average Bonchev–Trinajstić information content (AvgIpc) is 3.10. The van der Waals surface area contributed by atoms with Crippen LogP contribution in [0.3, 0.4) is 0 Å². The molecular formula is C31H46O5. The van der Waals surface area contributed by atoms with Crippen molar-refractivity contribution in [2.24, 2.45) is 40.4 Å². The molecule has 0 heterocycles. The lowest BCUT2D eigenvalue weighted by atomic mass is 9.47. The summed E-state index contributed by atoms with van der Waals surface area (Å²) in [6, 6.07) is 0. The zero-order chi connectivity index (χ0) is 26.4. The van der Waals surface area contributed by atoms with Gasteiger partial charge in [0.15, 0.2) is 5.78 Å². The summed E-state index contributed by atoms with van der Waals surface area (Å²) in [6.07, 6.45) is 11.5. The number of carbonyl (C=O) groups is 3. The van der Waals surface area contributed by atoms with Gasteiger partial charge in [0.2, 0.25) is 0 Å². The fourth-order valence-corrected chi connectivity index (χ4v) is 8.76. The molecule has 0 aliphatic heterocycles. The van der Waals surface area contributed by atoms with Gasteiger partial charge in [-0.3, -0.25) is 14.4 Å². The van der Waals surface area contributed by atoms with E-state index in [2.05, 4.69) is 40.7 Å². The predicted molar refractivity (Wildman–Crippen MR) is 140 cm³/mol. The first-order valence-electron chi connectivity index (χ1n) is 14.1. The monoisotopic (exact) mass is 498 g/mol. The van der Waals surface area contributed by atoms with E-state index in [0.717, 1.165) is 44.9 Å². The molecule has 3 saturated carbocycles. The van der Waals surface area contributed by atoms with E-state index >= 15 is 0 Å². The Morgan fingerprint density at radius 2 is 1.69 bits per heavy atom. The van der Waals surface area contributed by atoms with Crippen LogP contribution in [0.15, 0.2) is 23.3 Å². The van der Waals surface area contributed by atoms with Crippen molar-refractivity contribution >= 4 is 17.7 Å². The molecule has 5 heteroatoms. The minimum Gasteiger partial charge on any atom is -0.463 e. The van der Waals surface area contributed by atoms with E-state index in [4.69, 9.17) is 9.47 Å². The predicted octanol–water partition coefficient (Wildman–Crippen LogP) is 6.60. The summed E-state index contributed by atoms with van der Waals surface area (Å²) < 4.78 is 11.6. The maximum atomic E-state index is 12.6. The van der Waals surface area contributed by atoms with Gasteiger partial charge in [-0.1, -0.05) is 44.9 Å². The lowest BCUT2D eigenvalue weighted by Crippen LogP contribution is -2.54. The van der Waals surface area contributed by atoms with Crippen LogP contribution in [0.2, 0.25) is 0 Å². The summed E-state index contributed by atoms with van der Waals surface area (Å²) in [5.41, 5.74) is 2.86. The summed E-state index contributed by atoms with van der Waals surface area (Å²) in [6.45, 7) is 14.1. The molecule has 4 rings (SSSR count). The first-order chi connectivity index (χ1) is 16.8. The molecule has 5 nitrogen and oxygen atoms in total. The lowest BCUT2D eigenvalue weighted by Gasteiger charge is -2.58. The van der Waals surface area contributed by atoms with Gasteiger partial charge in [0, 0.05) is 26.2 Å². The summed E-state index contributed by atoms with van der Waals surface area (Å²) in [4.78, 5) is 36.4. The molecule has 0 amide bonds. The van der Waals surface area contributed by atoms with Gasteiger partial charge in [0.05, 0.1) is 0 Å². The molecule has 0 aromatic rings. The maximum absolute atomic E-state index is 12.6. The van der Waals surface area contributed by atoms with Gasteiger partial charge in [-0.25, -0.2) is 0 Å². The third-order valence-electron chi connectivity index (χ3n) is 10.2. The zero-order valence-electron chi connectivity index (χ0n) is 23.4. The van der Waals surface area contributed by atoms with Gasteiger partial charge >= 0.3 is 11.9 Å². The van der Waals surface area contributed by atoms with Crippen LogP contribution in [0.5, 0.6) is 0 Å².